The number of hydrogen-bond donors (Lipinski definition) is 0. The smallest absolute Gasteiger partial charge is 0.331 e. The van der Waals surface area contributed by atoms with Crippen molar-refractivity contribution in [2.75, 3.05) is 53.0 Å². The van der Waals surface area contributed by atoms with Gasteiger partial charge in [-0.3, -0.25) is 9.80 Å². The van der Waals surface area contributed by atoms with Crippen LogP contribution in [0.5, 0.6) is 0 Å². The van der Waals surface area contributed by atoms with Crippen LogP contribution < -0.4 is 0 Å². The Labute approximate surface area is 136 Å². The maximum atomic E-state index is 10.9. The minimum Gasteiger partial charge on any atom is -0.467 e. The molecule has 0 aromatic heterocycles. The Bertz CT molecular complexity index is 459. The molecule has 6 heteroatoms. The number of esters is 1. The van der Waals surface area contributed by atoms with Crippen LogP contribution in [0.4, 0.5) is 0 Å². The van der Waals surface area contributed by atoms with Gasteiger partial charge in [-0.05, 0) is 17.7 Å². The van der Waals surface area contributed by atoms with Crippen LogP contribution >= 0.6 is 11.6 Å². The van der Waals surface area contributed by atoms with E-state index in [1.165, 1.54) is 12.7 Å². The number of hydrogen-bond acceptors (Lipinski definition) is 5. The number of ether oxygens (including phenoxy) is 2. The van der Waals surface area contributed by atoms with Gasteiger partial charge in [-0.25, -0.2) is 4.79 Å². The third kappa shape index (κ3) is 5.93. The first-order valence-electron chi connectivity index (χ1n) is 7.51. The summed E-state index contributed by atoms with van der Waals surface area (Å²) in [6.07, 6.45) is 0. The average Bonchev–Trinajstić information content (AvgIpc) is 2.55. The Morgan fingerprint density at radius 3 is 2.41 bits per heavy atom. The Hall–Kier alpha value is -1.14. The van der Waals surface area contributed by atoms with Gasteiger partial charge in [-0.2, -0.15) is 0 Å². The molecule has 0 bridgehead atoms. The fraction of sp³-hybridized carbons (Fsp3) is 0.562. The standard InChI is InChI=1S/C16H23ClN2O3/c1-21-16(20)13-22-11-10-18-6-8-19(9-7-18)12-14-2-4-15(17)5-3-14/h2-5H,6-13H2,1H3. The Morgan fingerprint density at radius 2 is 1.77 bits per heavy atom. The summed E-state index contributed by atoms with van der Waals surface area (Å²) in [6, 6.07) is 8.03. The van der Waals surface area contributed by atoms with Crippen molar-refractivity contribution < 1.29 is 14.3 Å². The number of carbonyl (C=O) groups excluding carboxylic acids is 1. The lowest BCUT2D eigenvalue weighted by molar-refractivity contribution is -0.146. The lowest BCUT2D eigenvalue weighted by Gasteiger charge is -2.34. The minimum atomic E-state index is -0.326. The fourth-order valence-electron chi connectivity index (χ4n) is 2.43. The zero-order chi connectivity index (χ0) is 15.8. The van der Waals surface area contributed by atoms with Crippen LogP contribution in [-0.2, 0) is 20.8 Å². The van der Waals surface area contributed by atoms with Gasteiger partial charge in [0, 0.05) is 44.3 Å². The second-order valence-electron chi connectivity index (χ2n) is 5.37. The summed E-state index contributed by atoms with van der Waals surface area (Å²) >= 11 is 5.90. The first kappa shape index (κ1) is 17.2. The number of benzene rings is 1. The summed E-state index contributed by atoms with van der Waals surface area (Å²) in [5.41, 5.74) is 1.29. The maximum absolute atomic E-state index is 10.9. The molecule has 0 radical (unpaired) electrons. The molecule has 122 valence electrons. The predicted octanol–water partition coefficient (Wildman–Crippen LogP) is 1.65. The van der Waals surface area contributed by atoms with Gasteiger partial charge in [0.25, 0.3) is 0 Å². The second-order valence-corrected chi connectivity index (χ2v) is 5.81. The molecule has 0 unspecified atom stereocenters. The van der Waals surface area contributed by atoms with Gasteiger partial charge < -0.3 is 9.47 Å². The molecule has 1 saturated heterocycles. The molecule has 0 N–H and O–H groups in total. The highest BCUT2D eigenvalue weighted by Crippen LogP contribution is 2.12. The molecule has 0 saturated carbocycles. The van der Waals surface area contributed by atoms with Crippen molar-refractivity contribution in [3.05, 3.63) is 34.9 Å². The molecule has 1 heterocycles. The second kappa shape index (κ2) is 9.10. The van der Waals surface area contributed by atoms with Crippen molar-refractivity contribution in [3.8, 4) is 0 Å². The Balaban J connectivity index is 1.61. The van der Waals surface area contributed by atoms with E-state index < -0.39 is 0 Å². The van der Waals surface area contributed by atoms with Crippen LogP contribution in [0.1, 0.15) is 5.56 Å². The minimum absolute atomic E-state index is 0.0348. The molecule has 2 rings (SSSR count). The van der Waals surface area contributed by atoms with E-state index in [-0.39, 0.29) is 12.6 Å². The zero-order valence-corrected chi connectivity index (χ0v) is 13.7. The van der Waals surface area contributed by atoms with Crippen LogP contribution in [0.25, 0.3) is 0 Å². The monoisotopic (exact) mass is 326 g/mol. The van der Waals surface area contributed by atoms with Crippen molar-refractivity contribution >= 4 is 17.6 Å². The Morgan fingerprint density at radius 1 is 1.14 bits per heavy atom. The summed E-state index contributed by atoms with van der Waals surface area (Å²) in [4.78, 5) is 15.7. The summed E-state index contributed by atoms with van der Waals surface area (Å²) in [5, 5.41) is 0.778. The SMILES string of the molecule is COC(=O)COCCN1CCN(Cc2ccc(Cl)cc2)CC1. The molecular weight excluding hydrogens is 304 g/mol. The van der Waals surface area contributed by atoms with Gasteiger partial charge in [0.2, 0.25) is 0 Å². The van der Waals surface area contributed by atoms with Gasteiger partial charge in [0.05, 0.1) is 13.7 Å². The molecule has 1 aliphatic heterocycles. The molecule has 1 aromatic rings. The predicted molar refractivity (Wildman–Crippen MR) is 86.0 cm³/mol. The first-order chi connectivity index (χ1) is 10.7. The number of nitrogens with zero attached hydrogens (tertiary/aromatic N) is 2. The molecule has 22 heavy (non-hydrogen) atoms. The molecule has 0 atom stereocenters. The average molecular weight is 327 g/mol. The largest absolute Gasteiger partial charge is 0.467 e. The molecule has 0 amide bonds. The van der Waals surface area contributed by atoms with E-state index >= 15 is 0 Å². The number of halogens is 1. The highest BCUT2D eigenvalue weighted by atomic mass is 35.5. The summed E-state index contributed by atoms with van der Waals surface area (Å²) in [7, 11) is 1.37. The highest BCUT2D eigenvalue weighted by Gasteiger charge is 2.16. The van der Waals surface area contributed by atoms with Crippen LogP contribution in [0.15, 0.2) is 24.3 Å². The normalized spacial score (nSPS) is 16.6. The maximum Gasteiger partial charge on any atom is 0.331 e. The third-order valence-corrected chi connectivity index (χ3v) is 4.04. The van der Waals surface area contributed by atoms with Crippen molar-refractivity contribution in [1.82, 2.24) is 9.80 Å². The van der Waals surface area contributed by atoms with E-state index in [9.17, 15) is 4.79 Å². The first-order valence-corrected chi connectivity index (χ1v) is 7.89. The van der Waals surface area contributed by atoms with E-state index in [0.717, 1.165) is 44.3 Å². The summed E-state index contributed by atoms with van der Waals surface area (Å²) in [6.45, 7) is 6.54. The van der Waals surface area contributed by atoms with E-state index in [1.807, 2.05) is 12.1 Å². The zero-order valence-electron chi connectivity index (χ0n) is 13.0. The van der Waals surface area contributed by atoms with Crippen molar-refractivity contribution in [3.63, 3.8) is 0 Å². The van der Waals surface area contributed by atoms with E-state index in [2.05, 4.69) is 26.7 Å². The van der Waals surface area contributed by atoms with Crippen LogP contribution in [0.2, 0.25) is 5.02 Å². The topological polar surface area (TPSA) is 42.0 Å². The number of rotatable bonds is 7. The van der Waals surface area contributed by atoms with Crippen molar-refractivity contribution in [1.29, 1.82) is 0 Å². The van der Waals surface area contributed by atoms with Crippen LogP contribution in [0.3, 0.4) is 0 Å². The Kier molecular flexibility index (Phi) is 7.12. The van der Waals surface area contributed by atoms with E-state index in [0.29, 0.717) is 6.61 Å². The molecule has 0 aliphatic carbocycles. The summed E-state index contributed by atoms with van der Waals surface area (Å²) in [5.74, 6) is -0.326. The van der Waals surface area contributed by atoms with E-state index in [1.54, 1.807) is 0 Å². The van der Waals surface area contributed by atoms with Gasteiger partial charge >= 0.3 is 5.97 Å². The van der Waals surface area contributed by atoms with E-state index in [4.69, 9.17) is 16.3 Å². The number of carbonyl (C=O) groups is 1. The number of methoxy groups -OCH3 is 1. The summed E-state index contributed by atoms with van der Waals surface area (Å²) < 4.78 is 9.81. The van der Waals surface area contributed by atoms with Crippen molar-refractivity contribution in [2.24, 2.45) is 0 Å². The third-order valence-electron chi connectivity index (χ3n) is 3.78. The molecule has 1 aliphatic rings. The fourth-order valence-corrected chi connectivity index (χ4v) is 2.55. The van der Waals surface area contributed by atoms with Crippen LogP contribution in [-0.4, -0.2) is 68.8 Å². The van der Waals surface area contributed by atoms with Gasteiger partial charge in [-0.15, -0.1) is 0 Å². The van der Waals surface area contributed by atoms with Crippen LogP contribution in [0, 0.1) is 0 Å². The quantitative estimate of drug-likeness (QED) is 0.563. The lowest BCUT2D eigenvalue weighted by Crippen LogP contribution is -2.46. The highest BCUT2D eigenvalue weighted by molar-refractivity contribution is 6.30. The molecule has 0 spiro atoms. The molecule has 1 fully saturated rings. The van der Waals surface area contributed by atoms with Gasteiger partial charge in [0.15, 0.2) is 0 Å². The molecule has 5 nitrogen and oxygen atoms in total. The number of piperazine rings is 1. The van der Waals surface area contributed by atoms with Gasteiger partial charge in [0.1, 0.15) is 6.61 Å². The van der Waals surface area contributed by atoms with Gasteiger partial charge in [-0.1, -0.05) is 23.7 Å². The lowest BCUT2D eigenvalue weighted by atomic mass is 10.2. The molecular formula is C16H23ClN2O3. The van der Waals surface area contributed by atoms with Crippen molar-refractivity contribution in [2.45, 2.75) is 6.54 Å². The molecule has 1 aromatic carbocycles.